The minimum atomic E-state index is -0.201. The molecule has 2 aromatic heterocycles. The van der Waals surface area contributed by atoms with Gasteiger partial charge in [0, 0.05) is 25.5 Å². The highest BCUT2D eigenvalue weighted by Gasteiger charge is 2.24. The van der Waals surface area contributed by atoms with E-state index in [-0.39, 0.29) is 6.10 Å². The third kappa shape index (κ3) is 2.51. The summed E-state index contributed by atoms with van der Waals surface area (Å²) in [7, 11) is 0. The van der Waals surface area contributed by atoms with Crippen LogP contribution in [0.3, 0.4) is 0 Å². The molecule has 2 aromatic rings. The Morgan fingerprint density at radius 2 is 2.32 bits per heavy atom. The van der Waals surface area contributed by atoms with Gasteiger partial charge in [-0.15, -0.1) is 0 Å². The first kappa shape index (κ1) is 12.6. The van der Waals surface area contributed by atoms with Crippen LogP contribution in [0.1, 0.15) is 24.6 Å². The second kappa shape index (κ2) is 4.94. The summed E-state index contributed by atoms with van der Waals surface area (Å²) in [6.07, 6.45) is 4.99. The number of aliphatic hydroxyl groups is 1. The molecule has 1 fully saturated rings. The van der Waals surface area contributed by atoms with Gasteiger partial charge in [0.25, 0.3) is 0 Å². The lowest BCUT2D eigenvalue weighted by atomic mass is 9.96. The van der Waals surface area contributed by atoms with Gasteiger partial charge in [0.05, 0.1) is 11.8 Å². The van der Waals surface area contributed by atoms with E-state index in [4.69, 9.17) is 4.98 Å². The summed E-state index contributed by atoms with van der Waals surface area (Å²) in [5.74, 6) is 0.416. The normalized spacial score (nSPS) is 25.0. The minimum Gasteiger partial charge on any atom is -0.392 e. The second-order valence-corrected chi connectivity index (χ2v) is 5.72. The number of aryl methyl sites for hydroxylation is 1. The Kier molecular flexibility index (Phi) is 3.29. The van der Waals surface area contributed by atoms with Gasteiger partial charge in [0.15, 0.2) is 0 Å². The first-order valence-electron chi connectivity index (χ1n) is 6.97. The number of hydrogen-bond acceptors (Lipinski definition) is 3. The van der Waals surface area contributed by atoms with Crippen molar-refractivity contribution in [3.63, 3.8) is 0 Å². The summed E-state index contributed by atoms with van der Waals surface area (Å²) in [6.45, 7) is 6.83. The average Bonchev–Trinajstić information content (AvgIpc) is 2.78. The van der Waals surface area contributed by atoms with Crippen LogP contribution in [0.25, 0.3) is 5.65 Å². The Labute approximate surface area is 113 Å². The van der Waals surface area contributed by atoms with E-state index < -0.39 is 0 Å². The van der Waals surface area contributed by atoms with Crippen LogP contribution in [0.15, 0.2) is 24.5 Å². The van der Waals surface area contributed by atoms with E-state index in [2.05, 4.69) is 35.4 Å². The maximum Gasteiger partial charge on any atom is 0.139 e. The molecule has 0 aromatic carbocycles. The lowest BCUT2D eigenvalue weighted by Crippen LogP contribution is -2.42. The van der Waals surface area contributed by atoms with Gasteiger partial charge >= 0.3 is 0 Å². The molecular formula is C15H21N3O. The molecule has 3 heterocycles. The quantitative estimate of drug-likeness (QED) is 0.894. The molecule has 0 amide bonds. The third-order valence-corrected chi connectivity index (χ3v) is 4.12. The van der Waals surface area contributed by atoms with Crippen molar-refractivity contribution < 1.29 is 5.11 Å². The fourth-order valence-corrected chi connectivity index (χ4v) is 2.77. The fourth-order valence-electron chi connectivity index (χ4n) is 2.77. The van der Waals surface area contributed by atoms with Crippen LogP contribution in [0.5, 0.6) is 0 Å². The zero-order valence-corrected chi connectivity index (χ0v) is 11.6. The fraction of sp³-hybridized carbons (Fsp3) is 0.533. The first-order chi connectivity index (χ1) is 9.13. The largest absolute Gasteiger partial charge is 0.392 e. The minimum absolute atomic E-state index is 0.201. The van der Waals surface area contributed by atoms with Crippen LogP contribution < -0.4 is 0 Å². The number of aromatic nitrogens is 2. The SMILES string of the molecule is Cc1cccn2cc(CN3CCC(C)C(O)C3)nc12. The zero-order chi connectivity index (χ0) is 13.4. The van der Waals surface area contributed by atoms with Crippen molar-refractivity contribution in [1.82, 2.24) is 14.3 Å². The number of aliphatic hydroxyl groups excluding tert-OH is 1. The predicted molar refractivity (Wildman–Crippen MR) is 75.0 cm³/mol. The van der Waals surface area contributed by atoms with Crippen molar-refractivity contribution in [1.29, 1.82) is 0 Å². The van der Waals surface area contributed by atoms with Crippen molar-refractivity contribution in [2.24, 2.45) is 5.92 Å². The van der Waals surface area contributed by atoms with Crippen molar-refractivity contribution in [3.8, 4) is 0 Å². The predicted octanol–water partition coefficient (Wildman–Crippen LogP) is 1.85. The Morgan fingerprint density at radius 3 is 3.05 bits per heavy atom. The molecule has 0 aliphatic carbocycles. The molecule has 4 nitrogen and oxygen atoms in total. The van der Waals surface area contributed by atoms with Crippen LogP contribution in [0.4, 0.5) is 0 Å². The molecule has 1 N–H and O–H groups in total. The van der Waals surface area contributed by atoms with E-state index in [1.807, 2.05) is 12.3 Å². The number of pyridine rings is 1. The van der Waals surface area contributed by atoms with Gasteiger partial charge in [0.1, 0.15) is 5.65 Å². The molecule has 0 saturated carbocycles. The van der Waals surface area contributed by atoms with Crippen molar-refractivity contribution >= 4 is 5.65 Å². The first-order valence-corrected chi connectivity index (χ1v) is 6.97. The van der Waals surface area contributed by atoms with Gasteiger partial charge in [-0.05, 0) is 37.4 Å². The zero-order valence-electron chi connectivity index (χ0n) is 11.6. The summed E-state index contributed by atoms with van der Waals surface area (Å²) in [5, 5.41) is 9.94. The van der Waals surface area contributed by atoms with Crippen LogP contribution in [0.2, 0.25) is 0 Å². The number of fused-ring (bicyclic) bond motifs is 1. The summed E-state index contributed by atoms with van der Waals surface area (Å²) in [4.78, 5) is 6.98. The number of nitrogens with zero attached hydrogens (tertiary/aromatic N) is 3. The van der Waals surface area contributed by atoms with Crippen molar-refractivity contribution in [2.75, 3.05) is 13.1 Å². The highest BCUT2D eigenvalue weighted by molar-refractivity contribution is 5.47. The van der Waals surface area contributed by atoms with Gasteiger partial charge in [-0.1, -0.05) is 13.0 Å². The van der Waals surface area contributed by atoms with Gasteiger partial charge in [0.2, 0.25) is 0 Å². The van der Waals surface area contributed by atoms with Gasteiger partial charge in [-0.3, -0.25) is 4.90 Å². The summed E-state index contributed by atoms with van der Waals surface area (Å²) in [6, 6.07) is 4.12. The molecule has 1 aliphatic rings. The second-order valence-electron chi connectivity index (χ2n) is 5.72. The maximum atomic E-state index is 9.94. The number of imidazole rings is 1. The van der Waals surface area contributed by atoms with E-state index in [9.17, 15) is 5.11 Å². The average molecular weight is 259 g/mol. The van der Waals surface area contributed by atoms with Gasteiger partial charge in [-0.25, -0.2) is 4.98 Å². The molecule has 2 unspecified atom stereocenters. The molecule has 1 saturated heterocycles. The monoisotopic (exact) mass is 259 g/mol. The maximum absolute atomic E-state index is 9.94. The summed E-state index contributed by atoms with van der Waals surface area (Å²) >= 11 is 0. The Bertz CT molecular complexity index is 578. The molecule has 1 aliphatic heterocycles. The Hall–Kier alpha value is -1.39. The highest BCUT2D eigenvalue weighted by atomic mass is 16.3. The smallest absolute Gasteiger partial charge is 0.139 e. The van der Waals surface area contributed by atoms with Crippen LogP contribution in [-0.4, -0.2) is 38.6 Å². The van der Waals surface area contributed by atoms with Crippen LogP contribution in [-0.2, 0) is 6.54 Å². The number of likely N-dealkylation sites (tertiary alicyclic amines) is 1. The topological polar surface area (TPSA) is 40.8 Å². The summed E-state index contributed by atoms with van der Waals surface area (Å²) in [5.41, 5.74) is 3.31. The van der Waals surface area contributed by atoms with Gasteiger partial charge < -0.3 is 9.51 Å². The molecule has 102 valence electrons. The number of β-amino-alcohol motifs (C(OH)–C–C–N with tert-alkyl or cyclic N) is 1. The lowest BCUT2D eigenvalue weighted by molar-refractivity contribution is 0.0255. The van der Waals surface area contributed by atoms with E-state index in [0.29, 0.717) is 5.92 Å². The van der Waals surface area contributed by atoms with E-state index in [1.165, 1.54) is 5.56 Å². The van der Waals surface area contributed by atoms with E-state index in [0.717, 1.165) is 37.4 Å². The standard InChI is InChI=1S/C15H21N3O/c1-11-5-7-17(10-14(11)19)8-13-9-18-6-3-4-12(2)15(18)16-13/h3-4,6,9,11,14,19H,5,7-8,10H2,1-2H3. The summed E-state index contributed by atoms with van der Waals surface area (Å²) < 4.78 is 2.08. The van der Waals surface area contributed by atoms with Gasteiger partial charge in [-0.2, -0.15) is 0 Å². The number of piperidine rings is 1. The molecule has 3 rings (SSSR count). The molecule has 0 radical (unpaired) electrons. The molecular weight excluding hydrogens is 238 g/mol. The lowest BCUT2D eigenvalue weighted by Gasteiger charge is -2.33. The molecule has 0 spiro atoms. The molecule has 0 bridgehead atoms. The van der Waals surface area contributed by atoms with Crippen LogP contribution in [0, 0.1) is 12.8 Å². The molecule has 2 atom stereocenters. The Balaban J connectivity index is 1.77. The van der Waals surface area contributed by atoms with Crippen molar-refractivity contribution in [3.05, 3.63) is 35.8 Å². The van der Waals surface area contributed by atoms with E-state index in [1.54, 1.807) is 0 Å². The third-order valence-electron chi connectivity index (χ3n) is 4.12. The molecule has 19 heavy (non-hydrogen) atoms. The number of rotatable bonds is 2. The Morgan fingerprint density at radius 1 is 1.47 bits per heavy atom. The van der Waals surface area contributed by atoms with Crippen LogP contribution >= 0.6 is 0 Å². The van der Waals surface area contributed by atoms with E-state index >= 15 is 0 Å². The number of hydrogen-bond donors (Lipinski definition) is 1. The van der Waals surface area contributed by atoms with Crippen molar-refractivity contribution in [2.45, 2.75) is 32.9 Å². The molecule has 4 heteroatoms. The highest BCUT2D eigenvalue weighted by Crippen LogP contribution is 2.19.